The second-order valence-electron chi connectivity index (χ2n) is 31.2. The van der Waals surface area contributed by atoms with Crippen LogP contribution in [0.4, 0.5) is 0 Å². The Morgan fingerprint density at radius 1 is 0.304 bits per heavy atom. The molecule has 0 saturated heterocycles. The van der Waals surface area contributed by atoms with Gasteiger partial charge < -0.3 is 20.1 Å². The van der Waals surface area contributed by atoms with Crippen LogP contribution in [0, 0.1) is 0 Å². The lowest BCUT2D eigenvalue weighted by molar-refractivity contribution is -0.161. The minimum atomic E-state index is -4.40. The van der Waals surface area contributed by atoms with Gasteiger partial charge in [0.25, 0.3) is 0 Å². The summed E-state index contributed by atoms with van der Waals surface area (Å²) in [5, 5.41) is 0. The van der Waals surface area contributed by atoms with Crippen molar-refractivity contribution in [2.24, 2.45) is 5.73 Å². The Kier molecular flexibility index (Phi) is 86.1. The van der Waals surface area contributed by atoms with Gasteiger partial charge >= 0.3 is 19.8 Å². The molecule has 0 amide bonds. The van der Waals surface area contributed by atoms with E-state index < -0.39 is 26.5 Å². The van der Waals surface area contributed by atoms with E-state index in [1.807, 2.05) is 0 Å². The van der Waals surface area contributed by atoms with E-state index in [0.29, 0.717) is 6.42 Å². The standard InChI is InChI=1S/C92H176NO8P/c1-3-5-7-9-11-13-15-17-19-21-23-25-27-29-31-33-35-37-39-41-43-45-47-49-51-53-55-57-59-61-63-65-67-69-71-73-75-77-79-81-83-85-92(95)101-90(89-100-102(96,97)99-87-86-93)88-98-91(94)84-82-80-78-76-74-72-70-68-66-64-62-60-58-56-54-52-50-48-46-44-42-40-38-36-34-32-30-28-26-24-22-20-18-16-14-12-10-8-6-4-2/h5,7,11,13,17,19,23,25,90H,3-4,6,8-10,12,14-16,18,20-22,24,26-89,93H2,1-2H3,(H,96,97)/b7-5-,13-11-,19-17-,25-23-. The highest BCUT2D eigenvalue weighted by molar-refractivity contribution is 7.47. The minimum absolute atomic E-state index is 0.0571. The lowest BCUT2D eigenvalue weighted by Crippen LogP contribution is -2.29. The fraction of sp³-hybridized carbons (Fsp3) is 0.891. The monoisotopic (exact) mass is 1450 g/mol. The van der Waals surface area contributed by atoms with E-state index in [2.05, 4.69) is 62.5 Å². The molecule has 0 aliphatic carbocycles. The van der Waals surface area contributed by atoms with Gasteiger partial charge in [0.1, 0.15) is 6.61 Å². The van der Waals surface area contributed by atoms with Crippen LogP contribution in [0.1, 0.15) is 495 Å². The smallest absolute Gasteiger partial charge is 0.462 e. The molecule has 2 atom stereocenters. The lowest BCUT2D eigenvalue weighted by atomic mass is 10.0. The van der Waals surface area contributed by atoms with Gasteiger partial charge in [0.2, 0.25) is 0 Å². The van der Waals surface area contributed by atoms with Gasteiger partial charge in [-0.3, -0.25) is 18.6 Å². The maximum Gasteiger partial charge on any atom is 0.472 e. The summed E-state index contributed by atoms with van der Waals surface area (Å²) in [5.41, 5.74) is 5.43. The average molecular weight is 1460 g/mol. The highest BCUT2D eigenvalue weighted by Crippen LogP contribution is 2.43. The lowest BCUT2D eigenvalue weighted by Gasteiger charge is -2.19. The number of allylic oxidation sites excluding steroid dienone is 8. The fourth-order valence-corrected chi connectivity index (χ4v) is 15.1. The summed E-state index contributed by atoms with van der Waals surface area (Å²) in [6, 6.07) is 0. The largest absolute Gasteiger partial charge is 0.472 e. The summed E-state index contributed by atoms with van der Waals surface area (Å²) in [6.07, 6.45) is 116. The first kappa shape index (κ1) is 100.0. The molecule has 0 saturated carbocycles. The van der Waals surface area contributed by atoms with Crippen molar-refractivity contribution < 1.29 is 37.6 Å². The zero-order valence-corrected chi connectivity index (χ0v) is 69.3. The van der Waals surface area contributed by atoms with Crippen molar-refractivity contribution in [1.82, 2.24) is 0 Å². The number of unbranched alkanes of at least 4 members (excludes halogenated alkanes) is 67. The van der Waals surface area contributed by atoms with E-state index in [0.717, 1.165) is 57.8 Å². The number of rotatable bonds is 88. The molecule has 3 N–H and O–H groups in total. The van der Waals surface area contributed by atoms with Crippen LogP contribution in [0.5, 0.6) is 0 Å². The van der Waals surface area contributed by atoms with E-state index in [1.165, 1.54) is 405 Å². The Morgan fingerprint density at radius 2 is 0.539 bits per heavy atom. The number of phosphoric acid groups is 1. The van der Waals surface area contributed by atoms with E-state index in [-0.39, 0.29) is 38.6 Å². The number of hydrogen-bond acceptors (Lipinski definition) is 8. The van der Waals surface area contributed by atoms with Gasteiger partial charge in [0, 0.05) is 19.4 Å². The normalized spacial score (nSPS) is 12.9. The number of ether oxygens (including phenoxy) is 2. The maximum atomic E-state index is 12.8. The molecule has 9 nitrogen and oxygen atoms in total. The second kappa shape index (κ2) is 87.9. The number of carbonyl (C=O) groups excluding carboxylic acids is 2. The Hall–Kier alpha value is -2.03. The van der Waals surface area contributed by atoms with Crippen LogP contribution < -0.4 is 5.73 Å². The third-order valence-electron chi connectivity index (χ3n) is 21.0. The van der Waals surface area contributed by atoms with Crippen molar-refractivity contribution in [3.8, 4) is 0 Å². The molecule has 602 valence electrons. The summed E-state index contributed by atoms with van der Waals surface area (Å²) in [5.74, 6) is -0.796. The Labute approximate surface area is 636 Å². The summed E-state index contributed by atoms with van der Waals surface area (Å²) >= 11 is 0. The van der Waals surface area contributed by atoms with Crippen molar-refractivity contribution in [3.05, 3.63) is 48.6 Å². The van der Waals surface area contributed by atoms with Crippen LogP contribution in [-0.4, -0.2) is 49.3 Å². The molecule has 0 rings (SSSR count). The first-order valence-electron chi connectivity index (χ1n) is 45.6. The third kappa shape index (κ3) is 86.9. The molecular formula is C92H176NO8P. The molecule has 0 radical (unpaired) electrons. The third-order valence-corrected chi connectivity index (χ3v) is 22.0. The number of nitrogens with two attached hydrogens (primary N) is 1. The van der Waals surface area contributed by atoms with Crippen molar-refractivity contribution in [3.63, 3.8) is 0 Å². The topological polar surface area (TPSA) is 134 Å². The van der Waals surface area contributed by atoms with Gasteiger partial charge in [-0.1, -0.05) is 480 Å². The molecule has 0 heterocycles. The van der Waals surface area contributed by atoms with Crippen LogP contribution in [0.25, 0.3) is 0 Å². The van der Waals surface area contributed by atoms with E-state index in [1.54, 1.807) is 0 Å². The molecule has 0 fully saturated rings. The SMILES string of the molecule is CC/C=C\C/C=C\C/C=C\C/C=C\CCCCCCCCCCCCCCCCCCCCCCCCCCCCCCC(=O)OC(COC(=O)CCCCCCCCCCCCCCCCCCCCCCCCCCCCCCCCCCCCCCCCCC)COP(=O)(O)OCCN. The number of carbonyl (C=O) groups is 2. The van der Waals surface area contributed by atoms with Crippen LogP contribution in [0.3, 0.4) is 0 Å². The zero-order valence-electron chi connectivity index (χ0n) is 68.4. The molecule has 0 aromatic carbocycles. The summed E-state index contributed by atoms with van der Waals surface area (Å²) in [4.78, 5) is 35.5. The van der Waals surface area contributed by atoms with E-state index in [9.17, 15) is 19.0 Å². The van der Waals surface area contributed by atoms with Gasteiger partial charge in [-0.05, 0) is 51.4 Å². The molecule has 0 aliphatic rings. The van der Waals surface area contributed by atoms with Crippen LogP contribution in [0.15, 0.2) is 48.6 Å². The predicted molar refractivity (Wildman–Crippen MR) is 446 cm³/mol. The van der Waals surface area contributed by atoms with Gasteiger partial charge in [-0.25, -0.2) is 4.57 Å². The van der Waals surface area contributed by atoms with Crippen molar-refractivity contribution >= 4 is 19.8 Å². The molecule has 102 heavy (non-hydrogen) atoms. The Bertz CT molecular complexity index is 1820. The van der Waals surface area contributed by atoms with Crippen molar-refractivity contribution in [2.75, 3.05) is 26.4 Å². The van der Waals surface area contributed by atoms with Gasteiger partial charge in [0.15, 0.2) is 6.10 Å². The highest BCUT2D eigenvalue weighted by atomic mass is 31.2. The molecular weight excluding hydrogens is 1280 g/mol. The van der Waals surface area contributed by atoms with Gasteiger partial charge in [-0.2, -0.15) is 0 Å². The summed E-state index contributed by atoms with van der Waals surface area (Å²) < 4.78 is 33.4. The van der Waals surface area contributed by atoms with Crippen molar-refractivity contribution in [2.45, 2.75) is 502 Å². The van der Waals surface area contributed by atoms with Crippen LogP contribution in [0.2, 0.25) is 0 Å². The molecule has 10 heteroatoms. The molecule has 2 unspecified atom stereocenters. The number of hydrogen-bond donors (Lipinski definition) is 2. The fourth-order valence-electron chi connectivity index (χ4n) is 14.3. The first-order chi connectivity index (χ1) is 50.3. The molecule has 0 spiro atoms. The number of phosphoric ester groups is 1. The van der Waals surface area contributed by atoms with E-state index in [4.69, 9.17) is 24.3 Å². The quantitative estimate of drug-likeness (QED) is 0.0264. The summed E-state index contributed by atoms with van der Waals surface area (Å²) in [6.45, 7) is 3.73. The van der Waals surface area contributed by atoms with Gasteiger partial charge in [-0.15, -0.1) is 0 Å². The van der Waals surface area contributed by atoms with E-state index >= 15 is 0 Å². The Morgan fingerprint density at radius 3 is 0.804 bits per heavy atom. The zero-order chi connectivity index (χ0) is 73.6. The molecule has 0 aromatic rings. The van der Waals surface area contributed by atoms with Crippen molar-refractivity contribution in [1.29, 1.82) is 0 Å². The molecule has 0 aliphatic heterocycles. The highest BCUT2D eigenvalue weighted by Gasteiger charge is 2.26. The number of esters is 2. The molecule has 0 aromatic heterocycles. The molecule has 0 bridgehead atoms. The van der Waals surface area contributed by atoms with Gasteiger partial charge in [0.05, 0.1) is 13.2 Å². The second-order valence-corrected chi connectivity index (χ2v) is 32.6. The average Bonchev–Trinajstić information content (AvgIpc) is 0.948. The predicted octanol–water partition coefficient (Wildman–Crippen LogP) is 31.1. The van der Waals surface area contributed by atoms with Crippen LogP contribution in [-0.2, 0) is 32.7 Å². The van der Waals surface area contributed by atoms with Crippen LogP contribution >= 0.6 is 7.82 Å². The minimum Gasteiger partial charge on any atom is -0.462 e. The summed E-state index contributed by atoms with van der Waals surface area (Å²) in [7, 11) is -4.40. The maximum absolute atomic E-state index is 12.8. The Balaban J connectivity index is 3.67. The first-order valence-corrected chi connectivity index (χ1v) is 47.1.